The van der Waals surface area contributed by atoms with Crippen molar-refractivity contribution in [2.24, 2.45) is 0 Å². The highest BCUT2D eigenvalue weighted by Crippen LogP contribution is 2.21. The van der Waals surface area contributed by atoms with Crippen molar-refractivity contribution in [1.29, 1.82) is 0 Å². The Morgan fingerprint density at radius 1 is 1.46 bits per heavy atom. The average molecular weight is 380 g/mol. The van der Waals surface area contributed by atoms with E-state index in [2.05, 4.69) is 20.6 Å². The van der Waals surface area contributed by atoms with Gasteiger partial charge in [0.25, 0.3) is 5.91 Å². The molecule has 0 unspecified atom stereocenters. The van der Waals surface area contributed by atoms with Gasteiger partial charge in [-0.05, 0) is 24.6 Å². The second-order valence-electron chi connectivity index (χ2n) is 6.17. The maximum absolute atomic E-state index is 13.9. The van der Waals surface area contributed by atoms with Crippen LogP contribution >= 0.6 is 11.6 Å². The molecule has 2 aromatic rings. The zero-order valence-electron chi connectivity index (χ0n) is 14.1. The normalized spacial score (nSPS) is 20.1. The van der Waals surface area contributed by atoms with Gasteiger partial charge in [-0.15, -0.1) is 0 Å². The predicted molar refractivity (Wildman–Crippen MR) is 94.1 cm³/mol. The van der Waals surface area contributed by atoms with Gasteiger partial charge in [-0.2, -0.15) is 0 Å². The Labute approximate surface area is 154 Å². The van der Waals surface area contributed by atoms with Gasteiger partial charge in [0.05, 0.1) is 17.9 Å². The number of carbonyl (C=O) groups excluding carboxylic acids is 2. The van der Waals surface area contributed by atoms with Gasteiger partial charge in [-0.1, -0.05) is 11.6 Å². The summed E-state index contributed by atoms with van der Waals surface area (Å²) >= 11 is 5.85. The smallest absolute Gasteiger partial charge is 0.254 e. The van der Waals surface area contributed by atoms with E-state index in [0.717, 1.165) is 11.8 Å². The molecule has 1 saturated heterocycles. The van der Waals surface area contributed by atoms with Crippen molar-refractivity contribution < 1.29 is 14.0 Å². The maximum Gasteiger partial charge on any atom is 0.254 e. The van der Waals surface area contributed by atoms with E-state index in [1.807, 2.05) is 4.90 Å². The second-order valence-corrected chi connectivity index (χ2v) is 6.60. The molecule has 3 N–H and O–H groups in total. The maximum atomic E-state index is 13.9. The summed E-state index contributed by atoms with van der Waals surface area (Å²) in [6.45, 7) is 0.959. The largest absolute Gasteiger partial charge is 0.358 e. The summed E-state index contributed by atoms with van der Waals surface area (Å²) < 4.78 is 13.9. The van der Waals surface area contributed by atoms with Crippen LogP contribution in [0.3, 0.4) is 0 Å². The molecule has 2 amide bonds. The van der Waals surface area contributed by atoms with Crippen molar-refractivity contribution in [3.8, 4) is 0 Å². The monoisotopic (exact) mass is 379 g/mol. The Bertz CT molecular complexity index is 798. The molecule has 26 heavy (non-hydrogen) atoms. The minimum atomic E-state index is -0.637. The van der Waals surface area contributed by atoms with Crippen molar-refractivity contribution in [3.05, 3.63) is 52.8 Å². The van der Waals surface area contributed by atoms with E-state index < -0.39 is 17.8 Å². The summed E-state index contributed by atoms with van der Waals surface area (Å²) in [6.07, 6.45) is 3.69. The zero-order valence-corrected chi connectivity index (χ0v) is 14.9. The molecule has 1 fully saturated rings. The molecule has 1 aliphatic rings. The van der Waals surface area contributed by atoms with E-state index >= 15 is 0 Å². The van der Waals surface area contributed by atoms with E-state index in [-0.39, 0.29) is 22.5 Å². The minimum Gasteiger partial charge on any atom is -0.358 e. The third-order valence-electron chi connectivity index (χ3n) is 4.39. The molecule has 0 radical (unpaired) electrons. The number of amides is 2. The number of nitrogens with one attached hydrogen (secondary N) is 3. The summed E-state index contributed by atoms with van der Waals surface area (Å²) in [6, 6.07) is 3.16. The molecular weight excluding hydrogens is 361 g/mol. The number of hydrogen-bond donors (Lipinski definition) is 3. The molecule has 0 saturated carbocycles. The van der Waals surface area contributed by atoms with Crippen LogP contribution < -0.4 is 10.6 Å². The number of H-pyrrole nitrogens is 1. The number of benzene rings is 1. The van der Waals surface area contributed by atoms with Gasteiger partial charge in [-0.25, -0.2) is 9.37 Å². The highest BCUT2D eigenvalue weighted by Gasteiger charge is 2.37. The summed E-state index contributed by atoms with van der Waals surface area (Å²) in [5.41, 5.74) is 0.757. The van der Waals surface area contributed by atoms with E-state index in [4.69, 9.17) is 11.6 Å². The molecule has 2 atom stereocenters. The van der Waals surface area contributed by atoms with Crippen LogP contribution in [-0.2, 0) is 11.3 Å². The van der Waals surface area contributed by atoms with Crippen LogP contribution in [0.1, 0.15) is 22.5 Å². The lowest BCUT2D eigenvalue weighted by Crippen LogP contribution is -2.41. The third kappa shape index (κ3) is 4.03. The number of hydrogen-bond acceptors (Lipinski definition) is 4. The Morgan fingerprint density at radius 2 is 2.27 bits per heavy atom. The molecule has 1 aliphatic heterocycles. The molecular formula is C17H19ClFN5O2. The molecule has 0 spiro atoms. The van der Waals surface area contributed by atoms with Gasteiger partial charge in [0, 0.05) is 43.1 Å². The lowest BCUT2D eigenvalue weighted by atomic mass is 10.1. The highest BCUT2D eigenvalue weighted by molar-refractivity contribution is 6.31. The third-order valence-corrected chi connectivity index (χ3v) is 4.62. The summed E-state index contributed by atoms with van der Waals surface area (Å²) in [7, 11) is 1.57. The van der Waals surface area contributed by atoms with Crippen LogP contribution in [0, 0.1) is 5.82 Å². The molecule has 2 heterocycles. The quantitative estimate of drug-likeness (QED) is 0.731. The topological polar surface area (TPSA) is 90.1 Å². The fourth-order valence-electron chi connectivity index (χ4n) is 3.15. The molecule has 1 aromatic heterocycles. The van der Waals surface area contributed by atoms with Crippen molar-refractivity contribution in [3.63, 3.8) is 0 Å². The lowest BCUT2D eigenvalue weighted by Gasteiger charge is -2.21. The summed E-state index contributed by atoms with van der Waals surface area (Å²) in [5.74, 6) is -1.31. The van der Waals surface area contributed by atoms with Crippen molar-refractivity contribution in [2.45, 2.75) is 25.0 Å². The van der Waals surface area contributed by atoms with Gasteiger partial charge >= 0.3 is 0 Å². The number of likely N-dealkylation sites (tertiary alicyclic amines) is 1. The molecule has 1 aromatic carbocycles. The van der Waals surface area contributed by atoms with E-state index in [9.17, 15) is 14.0 Å². The molecule has 7 nitrogen and oxygen atoms in total. The molecule has 138 valence electrons. The highest BCUT2D eigenvalue weighted by atomic mass is 35.5. The first-order chi connectivity index (χ1) is 12.5. The average Bonchev–Trinajstić information content (AvgIpc) is 3.26. The summed E-state index contributed by atoms with van der Waals surface area (Å²) in [4.78, 5) is 33.5. The number of rotatable bonds is 5. The van der Waals surface area contributed by atoms with Crippen LogP contribution in [0.5, 0.6) is 0 Å². The van der Waals surface area contributed by atoms with Gasteiger partial charge in [0.2, 0.25) is 5.91 Å². The summed E-state index contributed by atoms with van der Waals surface area (Å²) in [5, 5.41) is 5.72. The standard InChI is InChI=1S/C17H19ClFN5O2/c1-20-17(26)15-5-11(7-24(15)8-12-6-21-9-22-12)23-16(25)13-4-10(18)2-3-14(13)19/h2-4,6,9,11,15H,5,7-8H2,1H3,(H,20,26)(H,21,22)(H,23,25)/t11-,15+/m1/s1. The second kappa shape index (κ2) is 7.84. The van der Waals surface area contributed by atoms with E-state index in [0.29, 0.717) is 19.5 Å². The first-order valence-electron chi connectivity index (χ1n) is 8.16. The fraction of sp³-hybridized carbons (Fsp3) is 0.353. The van der Waals surface area contributed by atoms with Crippen LogP contribution in [-0.4, -0.2) is 52.4 Å². The Hall–Kier alpha value is -2.45. The first-order valence-corrected chi connectivity index (χ1v) is 8.54. The number of nitrogens with zero attached hydrogens (tertiary/aromatic N) is 2. The van der Waals surface area contributed by atoms with Crippen molar-refractivity contribution >= 4 is 23.4 Å². The minimum absolute atomic E-state index is 0.110. The Morgan fingerprint density at radius 3 is 2.96 bits per heavy atom. The number of halogens is 2. The lowest BCUT2D eigenvalue weighted by molar-refractivity contribution is -0.125. The number of imidazole rings is 1. The van der Waals surface area contributed by atoms with Crippen LogP contribution in [0.2, 0.25) is 5.02 Å². The van der Waals surface area contributed by atoms with Gasteiger partial charge in [0.15, 0.2) is 0 Å². The molecule has 9 heteroatoms. The zero-order chi connectivity index (χ0) is 18.7. The number of likely N-dealkylation sites (N-methyl/N-ethyl adjacent to an activating group) is 1. The number of aromatic nitrogens is 2. The van der Waals surface area contributed by atoms with Gasteiger partial charge in [0.1, 0.15) is 5.82 Å². The Balaban J connectivity index is 1.71. The first kappa shape index (κ1) is 18.3. The fourth-order valence-corrected chi connectivity index (χ4v) is 3.32. The molecule has 3 rings (SSSR count). The van der Waals surface area contributed by atoms with Crippen molar-refractivity contribution in [1.82, 2.24) is 25.5 Å². The van der Waals surface area contributed by atoms with Crippen LogP contribution in [0.15, 0.2) is 30.7 Å². The predicted octanol–water partition coefficient (Wildman–Crippen LogP) is 1.32. The van der Waals surface area contributed by atoms with Crippen molar-refractivity contribution in [2.75, 3.05) is 13.6 Å². The van der Waals surface area contributed by atoms with Crippen LogP contribution in [0.25, 0.3) is 0 Å². The number of aromatic amines is 1. The van der Waals surface area contributed by atoms with E-state index in [1.54, 1.807) is 19.6 Å². The number of carbonyl (C=O) groups is 2. The molecule has 0 aliphatic carbocycles. The van der Waals surface area contributed by atoms with E-state index in [1.165, 1.54) is 12.1 Å². The molecule has 0 bridgehead atoms. The Kier molecular flexibility index (Phi) is 5.53. The van der Waals surface area contributed by atoms with Gasteiger partial charge in [-0.3, -0.25) is 14.5 Å². The SMILES string of the molecule is CNC(=O)[C@@H]1C[C@@H](NC(=O)c2cc(Cl)ccc2F)CN1Cc1cnc[nH]1. The van der Waals surface area contributed by atoms with Crippen LogP contribution in [0.4, 0.5) is 4.39 Å². The van der Waals surface area contributed by atoms with Gasteiger partial charge < -0.3 is 15.6 Å².